The maximum absolute atomic E-state index is 13.5. The Morgan fingerprint density at radius 1 is 0.495 bits per heavy atom. The number of carbonyl (C=O) groups excluding carboxylic acids is 3. The maximum atomic E-state index is 13.5. The molecular weight excluding hydrogens is 1290 g/mol. The summed E-state index contributed by atoms with van der Waals surface area (Å²) in [7, 11) is -3.40. The zero-order valence-electron chi connectivity index (χ0n) is 52.0. The van der Waals surface area contributed by atoms with Gasteiger partial charge in [0.1, 0.15) is 0 Å². The number of halogens is 4. The number of carbonyl (C=O) groups is 3. The molecular formula is C66H84Cl4N4O15S2. The lowest BCUT2D eigenvalue weighted by Crippen LogP contribution is -2.31. The second-order valence-corrected chi connectivity index (χ2v) is 27.8. The molecule has 5 aromatic carbocycles. The minimum absolute atomic E-state index is 0.0602. The number of benzene rings is 5. The van der Waals surface area contributed by atoms with Crippen LogP contribution < -0.4 is 10.0 Å². The van der Waals surface area contributed by atoms with Gasteiger partial charge in [-0.1, -0.05) is 70.7 Å². The molecule has 0 aliphatic carbocycles. The second-order valence-electron chi connectivity index (χ2n) is 22.2. The quantitative estimate of drug-likeness (QED) is 0.0274. The van der Waals surface area contributed by atoms with E-state index in [4.69, 9.17) is 84.3 Å². The molecule has 2 aliphatic heterocycles. The minimum atomic E-state index is -3.83. The van der Waals surface area contributed by atoms with Crippen LogP contribution in [0.25, 0.3) is 0 Å². The Morgan fingerprint density at radius 2 is 0.912 bits per heavy atom. The fourth-order valence-electron chi connectivity index (χ4n) is 10.7. The largest absolute Gasteiger partial charge is 0.379 e. The van der Waals surface area contributed by atoms with Gasteiger partial charge in [-0.15, -0.1) is 0 Å². The van der Waals surface area contributed by atoms with Crippen LogP contribution in [0.5, 0.6) is 0 Å². The number of nitrogens with zero attached hydrogens (tertiary/aromatic N) is 2. The van der Waals surface area contributed by atoms with Gasteiger partial charge in [-0.05, 0) is 140 Å². The van der Waals surface area contributed by atoms with Crippen LogP contribution >= 0.6 is 46.4 Å². The van der Waals surface area contributed by atoms with Gasteiger partial charge in [0.2, 0.25) is 10.0 Å². The zero-order chi connectivity index (χ0) is 65.2. The highest BCUT2D eigenvalue weighted by molar-refractivity contribution is 7.91. The van der Waals surface area contributed by atoms with Gasteiger partial charge >= 0.3 is 0 Å². The van der Waals surface area contributed by atoms with Crippen LogP contribution in [0.15, 0.2) is 101 Å². The first kappa shape index (κ1) is 73.9. The standard InChI is InChI=1S/C66H84Cl4N4O15S2/c1-4-82-23-24-83-18-7-14-64(75)49-34-50(65(76)15-8-19-84-25-29-88-30-26-85-20-9-33-90(78,79)54-12-5-10-47(37-54)58-43-73(2)45-60-56(58)39-52(67)41-62(60)69)36-51(35-49)66(77)71-16-21-86-27-31-89-32-28-87-22-17-72-91(80,81)55-13-6-11-48(38-55)59-44-74(3)46-61-57(59)40-53(68)42-63(61)70/h5-6,10-13,34-42,58-59,72H,4,7-9,14-33,43-46H2,1-3H3,(H,71,77). The van der Waals surface area contributed by atoms with Crippen LogP contribution in [-0.4, -0.2) is 196 Å². The molecule has 2 heterocycles. The average molecular weight is 1380 g/mol. The highest BCUT2D eigenvalue weighted by atomic mass is 35.5. The molecule has 0 saturated carbocycles. The lowest BCUT2D eigenvalue weighted by molar-refractivity contribution is 0.0142. The summed E-state index contributed by atoms with van der Waals surface area (Å²) in [5.74, 6) is -1.22. The molecule has 498 valence electrons. The fourth-order valence-corrected chi connectivity index (χ4v) is 14.3. The van der Waals surface area contributed by atoms with E-state index >= 15 is 0 Å². The smallest absolute Gasteiger partial charge is 0.251 e. The van der Waals surface area contributed by atoms with Gasteiger partial charge < -0.3 is 53.0 Å². The second kappa shape index (κ2) is 38.2. The molecule has 91 heavy (non-hydrogen) atoms. The summed E-state index contributed by atoms with van der Waals surface area (Å²) in [6.07, 6.45) is 1.42. The molecule has 25 heteroatoms. The number of Topliss-reactive ketones (excluding diaryl/α,β-unsaturated/α-hetero) is 2. The van der Waals surface area contributed by atoms with Crippen LogP contribution in [-0.2, 0) is 70.8 Å². The summed E-state index contributed by atoms with van der Waals surface area (Å²) in [6, 6.07) is 25.7. The third kappa shape index (κ3) is 23.7. The van der Waals surface area contributed by atoms with Crippen molar-refractivity contribution in [3.05, 3.63) is 161 Å². The van der Waals surface area contributed by atoms with Gasteiger partial charge in [-0.25, -0.2) is 21.6 Å². The fraction of sp³-hybridized carbons (Fsp3) is 0.500. The number of sulfone groups is 1. The summed E-state index contributed by atoms with van der Waals surface area (Å²) >= 11 is 25.8. The van der Waals surface area contributed by atoms with E-state index < -0.39 is 25.8 Å². The number of rotatable bonds is 42. The molecule has 0 saturated heterocycles. The van der Waals surface area contributed by atoms with E-state index in [1.165, 1.54) is 18.2 Å². The maximum Gasteiger partial charge on any atom is 0.251 e. The van der Waals surface area contributed by atoms with Crippen molar-refractivity contribution in [2.24, 2.45) is 0 Å². The molecule has 5 aromatic rings. The summed E-state index contributed by atoms with van der Waals surface area (Å²) in [6.45, 7) is 9.56. The van der Waals surface area contributed by atoms with Crippen LogP contribution in [0.2, 0.25) is 20.1 Å². The van der Waals surface area contributed by atoms with Crippen molar-refractivity contribution in [2.45, 2.75) is 73.7 Å². The first-order valence-electron chi connectivity index (χ1n) is 30.7. The molecule has 2 unspecified atom stereocenters. The zero-order valence-corrected chi connectivity index (χ0v) is 56.6. The first-order valence-corrected chi connectivity index (χ1v) is 35.3. The number of likely N-dealkylation sites (N-methyl/N-ethyl adjacent to an activating group) is 2. The Bertz CT molecular complexity index is 3220. The van der Waals surface area contributed by atoms with Gasteiger partial charge in [0.25, 0.3) is 5.91 Å². The number of fused-ring (bicyclic) bond motifs is 2. The van der Waals surface area contributed by atoms with Gasteiger partial charge in [0, 0.05) is 127 Å². The van der Waals surface area contributed by atoms with Crippen LogP contribution in [0, 0.1) is 0 Å². The number of sulfonamides is 1. The van der Waals surface area contributed by atoms with Crippen LogP contribution in [0.3, 0.4) is 0 Å². The SMILES string of the molecule is CCOCCOCCCC(=O)c1cc(C(=O)CCCOCCOCCOCCCS(=O)(=O)c2cccc(C3CN(C)Cc4c(Cl)cc(Cl)cc43)c2)cc(C(=O)NCCOCCOCCOCCNS(=O)(=O)c2cccc(C3CN(C)Cc4c(Cl)cc(Cl)cc43)c2)c1. The van der Waals surface area contributed by atoms with E-state index in [-0.39, 0.29) is 161 Å². The van der Waals surface area contributed by atoms with E-state index in [9.17, 15) is 31.2 Å². The van der Waals surface area contributed by atoms with E-state index in [2.05, 4.69) is 19.8 Å². The van der Waals surface area contributed by atoms with Crippen molar-refractivity contribution in [1.29, 1.82) is 0 Å². The molecule has 0 radical (unpaired) electrons. The average Bonchev–Trinajstić information content (AvgIpc) is 0.797. The Kier molecular flexibility index (Phi) is 31.0. The molecule has 0 bridgehead atoms. The Labute approximate surface area is 555 Å². The molecule has 1 amide bonds. The number of ether oxygens (including phenoxy) is 8. The van der Waals surface area contributed by atoms with Gasteiger partial charge in [-0.3, -0.25) is 14.4 Å². The van der Waals surface area contributed by atoms with E-state index in [0.29, 0.717) is 92.0 Å². The molecule has 2 aliphatic rings. The third-order valence-electron chi connectivity index (χ3n) is 15.2. The van der Waals surface area contributed by atoms with Gasteiger partial charge in [0.15, 0.2) is 21.4 Å². The Morgan fingerprint density at radius 3 is 1.41 bits per heavy atom. The molecule has 0 spiro atoms. The predicted molar refractivity (Wildman–Crippen MR) is 352 cm³/mol. The van der Waals surface area contributed by atoms with E-state index in [1.54, 1.807) is 48.5 Å². The number of ketones is 2. The highest BCUT2D eigenvalue weighted by Crippen LogP contribution is 2.41. The summed E-state index contributed by atoms with van der Waals surface area (Å²) < 4.78 is 101. The molecule has 0 fully saturated rings. The number of amides is 1. The minimum Gasteiger partial charge on any atom is -0.379 e. The molecule has 0 aromatic heterocycles. The molecule has 19 nitrogen and oxygen atoms in total. The van der Waals surface area contributed by atoms with Crippen molar-refractivity contribution < 1.29 is 69.1 Å². The van der Waals surface area contributed by atoms with Crippen molar-refractivity contribution in [2.75, 3.05) is 152 Å². The summed E-state index contributed by atoms with van der Waals surface area (Å²) in [5.41, 5.74) is 6.33. The van der Waals surface area contributed by atoms with Crippen molar-refractivity contribution in [3.8, 4) is 0 Å². The number of hydrogen-bond donors (Lipinski definition) is 2. The van der Waals surface area contributed by atoms with Gasteiger partial charge in [-0.2, -0.15) is 0 Å². The van der Waals surface area contributed by atoms with Crippen molar-refractivity contribution in [1.82, 2.24) is 19.8 Å². The predicted octanol–water partition coefficient (Wildman–Crippen LogP) is 10.1. The van der Waals surface area contributed by atoms with Crippen LogP contribution in [0.1, 0.15) is 115 Å². The summed E-state index contributed by atoms with van der Waals surface area (Å²) in [5, 5.41) is 5.06. The molecule has 7 rings (SSSR count). The Balaban J connectivity index is 0.744. The van der Waals surface area contributed by atoms with Crippen molar-refractivity contribution >= 4 is 83.7 Å². The molecule has 2 N–H and O–H groups in total. The van der Waals surface area contributed by atoms with Crippen molar-refractivity contribution in [3.63, 3.8) is 0 Å². The van der Waals surface area contributed by atoms with E-state index in [1.807, 2.05) is 45.3 Å². The highest BCUT2D eigenvalue weighted by Gasteiger charge is 2.30. The number of nitrogens with one attached hydrogen (secondary N) is 2. The Hall–Kier alpha value is -4.47. The summed E-state index contributed by atoms with van der Waals surface area (Å²) in [4.78, 5) is 45.0. The van der Waals surface area contributed by atoms with Crippen LogP contribution in [0.4, 0.5) is 0 Å². The molecule has 2 atom stereocenters. The van der Waals surface area contributed by atoms with E-state index in [0.717, 1.165) is 33.4 Å². The number of hydrogen-bond acceptors (Lipinski definition) is 17. The van der Waals surface area contributed by atoms with Gasteiger partial charge in [0.05, 0.1) is 94.8 Å². The monoisotopic (exact) mass is 1380 g/mol. The lowest BCUT2D eigenvalue weighted by Gasteiger charge is -2.33. The normalized spacial score (nSPS) is 15.4. The first-order chi connectivity index (χ1) is 43.8. The lowest BCUT2D eigenvalue weighted by atomic mass is 9.85. The topological polar surface area (TPSA) is 224 Å². The third-order valence-corrected chi connectivity index (χ3v) is 19.6.